The second-order valence-electron chi connectivity index (χ2n) is 5.30. The summed E-state index contributed by atoms with van der Waals surface area (Å²) in [4.78, 5) is 14.3. The second kappa shape index (κ2) is 5.17. The van der Waals surface area contributed by atoms with Crippen molar-refractivity contribution in [1.29, 1.82) is 0 Å². The summed E-state index contributed by atoms with van der Waals surface area (Å²) in [7, 11) is 0. The molecule has 0 spiro atoms. The van der Waals surface area contributed by atoms with E-state index < -0.39 is 0 Å². The maximum Gasteiger partial charge on any atom is 0.225 e. The fourth-order valence-electron chi connectivity index (χ4n) is 2.64. The van der Waals surface area contributed by atoms with Crippen molar-refractivity contribution in [2.75, 3.05) is 19.6 Å². The molecule has 3 nitrogen and oxygen atoms in total. The van der Waals surface area contributed by atoms with Crippen molar-refractivity contribution in [3.05, 3.63) is 0 Å². The van der Waals surface area contributed by atoms with Crippen LogP contribution in [0.4, 0.5) is 0 Å². The molecule has 0 aromatic carbocycles. The summed E-state index contributed by atoms with van der Waals surface area (Å²) in [5.41, 5.74) is 0. The van der Waals surface area contributed by atoms with Crippen LogP contribution in [0.3, 0.4) is 0 Å². The van der Waals surface area contributed by atoms with Crippen LogP contribution in [-0.4, -0.2) is 36.5 Å². The summed E-state index contributed by atoms with van der Waals surface area (Å²) >= 11 is 0. The van der Waals surface area contributed by atoms with Gasteiger partial charge < -0.3 is 10.2 Å². The Balaban J connectivity index is 1.84. The number of rotatable bonds is 5. The molecule has 1 aliphatic heterocycles. The van der Waals surface area contributed by atoms with Gasteiger partial charge in [-0.3, -0.25) is 4.79 Å². The van der Waals surface area contributed by atoms with E-state index in [-0.39, 0.29) is 5.92 Å². The monoisotopic (exact) mass is 224 g/mol. The molecule has 16 heavy (non-hydrogen) atoms. The smallest absolute Gasteiger partial charge is 0.225 e. The zero-order valence-corrected chi connectivity index (χ0v) is 10.5. The van der Waals surface area contributed by atoms with Crippen molar-refractivity contribution < 1.29 is 4.79 Å². The highest BCUT2D eigenvalue weighted by molar-refractivity contribution is 5.79. The van der Waals surface area contributed by atoms with Crippen LogP contribution in [0.2, 0.25) is 0 Å². The summed E-state index contributed by atoms with van der Waals surface area (Å²) in [6.45, 7) is 7.08. The van der Waals surface area contributed by atoms with E-state index in [0.717, 1.165) is 19.6 Å². The molecule has 0 aromatic rings. The third-order valence-electron chi connectivity index (χ3n) is 4.02. The molecule has 2 aliphatic rings. The molecule has 2 rings (SSSR count). The number of carbonyl (C=O) groups is 1. The van der Waals surface area contributed by atoms with Crippen LogP contribution in [0, 0.1) is 11.8 Å². The number of hydrogen-bond acceptors (Lipinski definition) is 2. The summed E-state index contributed by atoms with van der Waals surface area (Å²) < 4.78 is 0. The van der Waals surface area contributed by atoms with E-state index in [0.29, 0.717) is 17.9 Å². The lowest BCUT2D eigenvalue weighted by Gasteiger charge is -2.27. The van der Waals surface area contributed by atoms with Gasteiger partial charge in [0.2, 0.25) is 5.91 Å². The first-order chi connectivity index (χ1) is 7.72. The average molecular weight is 224 g/mol. The van der Waals surface area contributed by atoms with Crippen molar-refractivity contribution in [1.82, 2.24) is 10.2 Å². The van der Waals surface area contributed by atoms with Crippen LogP contribution in [0.25, 0.3) is 0 Å². The van der Waals surface area contributed by atoms with E-state index in [1.807, 2.05) is 4.90 Å². The standard InChI is InChI=1S/C13H24N2O/c1-3-15(9-12-5-4-8-14-12)13(16)10(2)11-6-7-11/h10-12,14H,3-9H2,1-2H3. The average Bonchev–Trinajstić information content (AvgIpc) is 3.02. The maximum atomic E-state index is 12.2. The van der Waals surface area contributed by atoms with E-state index in [1.165, 1.54) is 25.7 Å². The fraction of sp³-hybridized carbons (Fsp3) is 0.923. The molecule has 1 aliphatic carbocycles. The van der Waals surface area contributed by atoms with E-state index in [1.54, 1.807) is 0 Å². The van der Waals surface area contributed by atoms with Crippen LogP contribution in [0.5, 0.6) is 0 Å². The van der Waals surface area contributed by atoms with Crippen molar-refractivity contribution in [3.63, 3.8) is 0 Å². The van der Waals surface area contributed by atoms with Crippen molar-refractivity contribution >= 4 is 5.91 Å². The second-order valence-corrected chi connectivity index (χ2v) is 5.30. The van der Waals surface area contributed by atoms with Gasteiger partial charge >= 0.3 is 0 Å². The van der Waals surface area contributed by atoms with Crippen LogP contribution in [0.15, 0.2) is 0 Å². The molecule has 2 atom stereocenters. The Bertz CT molecular complexity index is 244. The topological polar surface area (TPSA) is 32.3 Å². The molecule has 0 bridgehead atoms. The van der Waals surface area contributed by atoms with Crippen molar-refractivity contribution in [3.8, 4) is 0 Å². The Morgan fingerprint density at radius 1 is 1.44 bits per heavy atom. The molecule has 0 aromatic heterocycles. The molecule has 0 radical (unpaired) electrons. The van der Waals surface area contributed by atoms with Gasteiger partial charge in [0.15, 0.2) is 0 Å². The number of nitrogens with zero attached hydrogens (tertiary/aromatic N) is 1. The van der Waals surface area contributed by atoms with Gasteiger partial charge in [-0.2, -0.15) is 0 Å². The minimum atomic E-state index is 0.251. The molecule has 2 fully saturated rings. The van der Waals surface area contributed by atoms with E-state index >= 15 is 0 Å². The minimum absolute atomic E-state index is 0.251. The molecule has 92 valence electrons. The van der Waals surface area contributed by atoms with E-state index in [4.69, 9.17) is 0 Å². The molecule has 1 heterocycles. The number of nitrogens with one attached hydrogen (secondary N) is 1. The Kier molecular flexibility index (Phi) is 3.85. The normalized spacial score (nSPS) is 26.8. The van der Waals surface area contributed by atoms with Gasteiger partial charge in [0.05, 0.1) is 0 Å². The largest absolute Gasteiger partial charge is 0.341 e. The quantitative estimate of drug-likeness (QED) is 0.770. The summed E-state index contributed by atoms with van der Waals surface area (Å²) in [5.74, 6) is 1.30. The van der Waals surface area contributed by atoms with Crippen LogP contribution >= 0.6 is 0 Å². The molecule has 1 amide bonds. The first-order valence-electron chi connectivity index (χ1n) is 6.74. The van der Waals surface area contributed by atoms with Crippen LogP contribution in [-0.2, 0) is 4.79 Å². The minimum Gasteiger partial charge on any atom is -0.341 e. The first-order valence-corrected chi connectivity index (χ1v) is 6.74. The number of carbonyl (C=O) groups excluding carboxylic acids is 1. The van der Waals surface area contributed by atoms with Gasteiger partial charge in [0.1, 0.15) is 0 Å². The summed E-state index contributed by atoms with van der Waals surface area (Å²) in [5, 5.41) is 3.47. The lowest BCUT2D eigenvalue weighted by atomic mass is 10.0. The molecule has 1 saturated heterocycles. The van der Waals surface area contributed by atoms with Gasteiger partial charge in [0.25, 0.3) is 0 Å². The van der Waals surface area contributed by atoms with Gasteiger partial charge in [-0.25, -0.2) is 0 Å². The number of likely N-dealkylation sites (N-methyl/N-ethyl adjacent to an activating group) is 1. The van der Waals surface area contributed by atoms with E-state index in [2.05, 4.69) is 19.2 Å². The van der Waals surface area contributed by atoms with Crippen LogP contribution < -0.4 is 5.32 Å². The molecule has 2 unspecified atom stereocenters. The zero-order chi connectivity index (χ0) is 11.5. The number of hydrogen-bond donors (Lipinski definition) is 1. The SMILES string of the molecule is CCN(CC1CCCN1)C(=O)C(C)C1CC1. The molecule has 3 heteroatoms. The molecule has 1 saturated carbocycles. The molecular weight excluding hydrogens is 200 g/mol. The summed E-state index contributed by atoms with van der Waals surface area (Å²) in [6, 6.07) is 0.537. The van der Waals surface area contributed by atoms with Crippen LogP contribution in [0.1, 0.15) is 39.5 Å². The Hall–Kier alpha value is -0.570. The molecular formula is C13H24N2O. The lowest BCUT2D eigenvalue weighted by molar-refractivity contribution is -0.135. The third-order valence-corrected chi connectivity index (χ3v) is 4.02. The van der Waals surface area contributed by atoms with E-state index in [9.17, 15) is 4.79 Å². The highest BCUT2D eigenvalue weighted by atomic mass is 16.2. The fourth-order valence-corrected chi connectivity index (χ4v) is 2.64. The predicted octanol–water partition coefficient (Wildman–Crippen LogP) is 1.63. The molecule has 1 N–H and O–H groups in total. The summed E-state index contributed by atoms with van der Waals surface area (Å²) in [6.07, 6.45) is 4.99. The van der Waals surface area contributed by atoms with Crippen molar-refractivity contribution in [2.24, 2.45) is 11.8 Å². The Labute approximate surface area is 98.6 Å². The van der Waals surface area contributed by atoms with Crippen molar-refractivity contribution in [2.45, 2.75) is 45.6 Å². The lowest BCUT2D eigenvalue weighted by Crippen LogP contribution is -2.43. The highest BCUT2D eigenvalue weighted by Crippen LogP contribution is 2.37. The van der Waals surface area contributed by atoms with Gasteiger partial charge in [0, 0.05) is 25.0 Å². The first kappa shape index (κ1) is 11.9. The predicted molar refractivity (Wildman–Crippen MR) is 65.2 cm³/mol. The maximum absolute atomic E-state index is 12.2. The Morgan fingerprint density at radius 2 is 2.19 bits per heavy atom. The van der Waals surface area contributed by atoms with Gasteiger partial charge in [-0.15, -0.1) is 0 Å². The third kappa shape index (κ3) is 2.76. The van der Waals surface area contributed by atoms with Gasteiger partial charge in [-0.05, 0) is 45.1 Å². The zero-order valence-electron chi connectivity index (χ0n) is 10.5. The van der Waals surface area contributed by atoms with Gasteiger partial charge in [-0.1, -0.05) is 6.92 Å². The Morgan fingerprint density at radius 3 is 2.69 bits per heavy atom. The highest BCUT2D eigenvalue weighted by Gasteiger charge is 2.35. The number of amides is 1.